The van der Waals surface area contributed by atoms with Gasteiger partial charge in [-0.2, -0.15) is 0 Å². The number of nitrogens with two attached hydrogens (primary N) is 1. The highest BCUT2D eigenvalue weighted by Gasteiger charge is 2.07. The summed E-state index contributed by atoms with van der Waals surface area (Å²) < 4.78 is 0. The van der Waals surface area contributed by atoms with Gasteiger partial charge in [0.05, 0.1) is 22.9 Å². The Labute approximate surface area is 112 Å². The van der Waals surface area contributed by atoms with Gasteiger partial charge in [0.15, 0.2) is 0 Å². The molecular formula is C14H16ClN3. The first kappa shape index (κ1) is 12.9. The fraction of sp³-hybridized carbons (Fsp3) is 0.214. The summed E-state index contributed by atoms with van der Waals surface area (Å²) in [5.74, 6) is 0. The second-order valence-corrected chi connectivity index (χ2v) is 4.57. The number of benzene rings is 1. The highest BCUT2D eigenvalue weighted by atomic mass is 35.5. The van der Waals surface area contributed by atoms with Crippen molar-refractivity contribution in [2.75, 3.05) is 11.9 Å². The Hall–Kier alpha value is -1.58. The van der Waals surface area contributed by atoms with E-state index in [0.717, 1.165) is 28.5 Å². The Morgan fingerprint density at radius 3 is 2.72 bits per heavy atom. The molecule has 4 heteroatoms. The molecule has 0 saturated heterocycles. The second-order valence-electron chi connectivity index (χ2n) is 4.17. The highest BCUT2D eigenvalue weighted by molar-refractivity contribution is 6.33. The molecule has 0 aliphatic heterocycles. The third kappa shape index (κ3) is 3.00. The number of hydrogen-bond acceptors (Lipinski definition) is 3. The fourth-order valence-corrected chi connectivity index (χ4v) is 2.15. The van der Waals surface area contributed by atoms with Crippen molar-refractivity contribution >= 4 is 17.3 Å². The summed E-state index contributed by atoms with van der Waals surface area (Å²) in [6.45, 7) is 1.23. The SMILES string of the molecule is CN(Cc1ccccn1)c1ccc(CN)cc1Cl. The maximum Gasteiger partial charge on any atom is 0.0642 e. The number of aromatic nitrogens is 1. The minimum atomic E-state index is 0.504. The summed E-state index contributed by atoms with van der Waals surface area (Å²) in [4.78, 5) is 6.38. The molecule has 0 unspecified atom stereocenters. The molecule has 1 heterocycles. The van der Waals surface area contributed by atoms with E-state index in [0.29, 0.717) is 6.54 Å². The Balaban J connectivity index is 2.16. The molecular weight excluding hydrogens is 246 g/mol. The van der Waals surface area contributed by atoms with Gasteiger partial charge >= 0.3 is 0 Å². The Kier molecular flexibility index (Phi) is 4.18. The topological polar surface area (TPSA) is 42.2 Å². The molecule has 0 bridgehead atoms. The molecule has 2 aromatic rings. The van der Waals surface area contributed by atoms with Crippen molar-refractivity contribution < 1.29 is 0 Å². The standard InChI is InChI=1S/C14H16ClN3/c1-18(10-12-4-2-3-7-17-12)14-6-5-11(9-16)8-13(14)15/h2-8H,9-10,16H2,1H3. The number of hydrogen-bond donors (Lipinski definition) is 1. The van der Waals surface area contributed by atoms with E-state index in [1.54, 1.807) is 6.20 Å². The molecule has 18 heavy (non-hydrogen) atoms. The molecule has 2 rings (SSSR count). The zero-order valence-electron chi connectivity index (χ0n) is 10.3. The number of halogens is 1. The summed E-state index contributed by atoms with van der Waals surface area (Å²) in [6, 6.07) is 11.8. The molecule has 3 nitrogen and oxygen atoms in total. The van der Waals surface area contributed by atoms with Crippen LogP contribution in [0.1, 0.15) is 11.3 Å². The highest BCUT2D eigenvalue weighted by Crippen LogP contribution is 2.26. The second kappa shape index (κ2) is 5.85. The maximum absolute atomic E-state index is 6.25. The minimum absolute atomic E-state index is 0.504. The van der Waals surface area contributed by atoms with Crippen molar-refractivity contribution in [2.45, 2.75) is 13.1 Å². The van der Waals surface area contributed by atoms with E-state index in [4.69, 9.17) is 17.3 Å². The van der Waals surface area contributed by atoms with Gasteiger partial charge in [0.25, 0.3) is 0 Å². The molecule has 94 valence electrons. The number of rotatable bonds is 4. The molecule has 0 atom stereocenters. The first-order chi connectivity index (χ1) is 8.70. The lowest BCUT2D eigenvalue weighted by Crippen LogP contribution is -2.17. The van der Waals surface area contributed by atoms with Crippen LogP contribution in [0.25, 0.3) is 0 Å². The smallest absolute Gasteiger partial charge is 0.0642 e. The predicted molar refractivity (Wildman–Crippen MR) is 75.7 cm³/mol. The molecule has 1 aromatic carbocycles. The summed E-state index contributed by atoms with van der Waals surface area (Å²) >= 11 is 6.25. The van der Waals surface area contributed by atoms with Gasteiger partial charge < -0.3 is 10.6 Å². The van der Waals surface area contributed by atoms with E-state index >= 15 is 0 Å². The third-order valence-corrected chi connectivity index (χ3v) is 3.09. The molecule has 1 aromatic heterocycles. The molecule has 0 aliphatic rings. The Morgan fingerprint density at radius 2 is 2.11 bits per heavy atom. The van der Waals surface area contributed by atoms with Crippen molar-refractivity contribution in [1.29, 1.82) is 0 Å². The fourth-order valence-electron chi connectivity index (χ4n) is 1.81. The van der Waals surface area contributed by atoms with Crippen molar-refractivity contribution in [3.05, 3.63) is 58.9 Å². The van der Waals surface area contributed by atoms with Crippen LogP contribution in [-0.2, 0) is 13.1 Å². The van der Waals surface area contributed by atoms with Crippen LogP contribution in [0.5, 0.6) is 0 Å². The maximum atomic E-state index is 6.25. The molecule has 2 N–H and O–H groups in total. The zero-order valence-corrected chi connectivity index (χ0v) is 11.1. The summed E-state index contributed by atoms with van der Waals surface area (Å²) in [6.07, 6.45) is 1.79. The molecule has 0 spiro atoms. The van der Waals surface area contributed by atoms with E-state index in [2.05, 4.69) is 9.88 Å². The lowest BCUT2D eigenvalue weighted by Gasteiger charge is -2.20. The van der Waals surface area contributed by atoms with Gasteiger partial charge in [0.2, 0.25) is 0 Å². The molecule has 0 radical (unpaired) electrons. The summed E-state index contributed by atoms with van der Waals surface area (Å²) in [5.41, 5.74) is 8.62. The number of pyridine rings is 1. The number of anilines is 1. The van der Waals surface area contributed by atoms with E-state index in [9.17, 15) is 0 Å². The summed E-state index contributed by atoms with van der Waals surface area (Å²) in [7, 11) is 2.00. The molecule has 0 saturated carbocycles. The van der Waals surface area contributed by atoms with Crippen LogP contribution >= 0.6 is 11.6 Å². The average Bonchev–Trinajstić information content (AvgIpc) is 2.39. The van der Waals surface area contributed by atoms with Gasteiger partial charge in [0, 0.05) is 19.8 Å². The van der Waals surface area contributed by atoms with Gasteiger partial charge in [-0.15, -0.1) is 0 Å². The largest absolute Gasteiger partial charge is 0.367 e. The van der Waals surface area contributed by atoms with Crippen molar-refractivity contribution in [3.8, 4) is 0 Å². The first-order valence-corrected chi connectivity index (χ1v) is 6.18. The van der Waals surface area contributed by atoms with E-state index in [1.165, 1.54) is 0 Å². The quantitative estimate of drug-likeness (QED) is 0.920. The third-order valence-electron chi connectivity index (χ3n) is 2.78. The average molecular weight is 262 g/mol. The van der Waals surface area contributed by atoms with Gasteiger partial charge in [-0.3, -0.25) is 4.98 Å². The van der Waals surface area contributed by atoms with Crippen LogP contribution < -0.4 is 10.6 Å². The van der Waals surface area contributed by atoms with Gasteiger partial charge in [0.1, 0.15) is 0 Å². The zero-order chi connectivity index (χ0) is 13.0. The lowest BCUT2D eigenvalue weighted by molar-refractivity contribution is 0.884. The lowest BCUT2D eigenvalue weighted by atomic mass is 10.2. The minimum Gasteiger partial charge on any atom is -0.367 e. The number of nitrogens with zero attached hydrogens (tertiary/aromatic N) is 2. The van der Waals surface area contributed by atoms with Crippen molar-refractivity contribution in [1.82, 2.24) is 4.98 Å². The Bertz CT molecular complexity index is 514. The van der Waals surface area contributed by atoms with E-state index in [1.807, 2.05) is 43.4 Å². The molecule has 0 amide bonds. The van der Waals surface area contributed by atoms with Crippen molar-refractivity contribution in [3.63, 3.8) is 0 Å². The predicted octanol–water partition coefficient (Wildman–Crippen LogP) is 2.83. The molecule has 0 aliphatic carbocycles. The van der Waals surface area contributed by atoms with E-state index in [-0.39, 0.29) is 0 Å². The van der Waals surface area contributed by atoms with Crippen LogP contribution in [-0.4, -0.2) is 12.0 Å². The van der Waals surface area contributed by atoms with Crippen LogP contribution in [0.2, 0.25) is 5.02 Å². The summed E-state index contributed by atoms with van der Waals surface area (Å²) in [5, 5.41) is 0.719. The van der Waals surface area contributed by atoms with E-state index < -0.39 is 0 Å². The van der Waals surface area contributed by atoms with Gasteiger partial charge in [-0.25, -0.2) is 0 Å². The van der Waals surface area contributed by atoms with Crippen LogP contribution in [0.15, 0.2) is 42.6 Å². The van der Waals surface area contributed by atoms with Crippen LogP contribution in [0.4, 0.5) is 5.69 Å². The van der Waals surface area contributed by atoms with Crippen LogP contribution in [0.3, 0.4) is 0 Å². The van der Waals surface area contributed by atoms with Crippen molar-refractivity contribution in [2.24, 2.45) is 5.73 Å². The first-order valence-electron chi connectivity index (χ1n) is 5.80. The molecule has 0 fully saturated rings. The van der Waals surface area contributed by atoms with Gasteiger partial charge in [-0.05, 0) is 29.8 Å². The van der Waals surface area contributed by atoms with Gasteiger partial charge in [-0.1, -0.05) is 23.7 Å². The Morgan fingerprint density at radius 1 is 1.28 bits per heavy atom. The normalized spacial score (nSPS) is 10.4. The monoisotopic (exact) mass is 261 g/mol. The van der Waals surface area contributed by atoms with Crippen LogP contribution in [0, 0.1) is 0 Å².